The molecule has 30 heavy (non-hydrogen) atoms. The molecule has 0 bridgehead atoms. The van der Waals surface area contributed by atoms with Crippen LogP contribution in [0.1, 0.15) is 41.4 Å². The van der Waals surface area contributed by atoms with Crippen LogP contribution >= 0.6 is 0 Å². The van der Waals surface area contributed by atoms with Gasteiger partial charge in [0.25, 0.3) is 0 Å². The van der Waals surface area contributed by atoms with Crippen LogP contribution in [-0.2, 0) is 0 Å². The number of hydrogen-bond donors (Lipinski definition) is 0. The van der Waals surface area contributed by atoms with Crippen molar-refractivity contribution in [3.8, 4) is 5.75 Å². The fraction of sp³-hybridized carbons (Fsp3) is 0.360. The molecule has 5 heteroatoms. The zero-order valence-electron chi connectivity index (χ0n) is 18.2. The van der Waals surface area contributed by atoms with Crippen LogP contribution in [0, 0.1) is 6.92 Å². The number of methoxy groups -OCH3 is 1. The lowest BCUT2D eigenvalue weighted by atomic mass is 10.0. The molecule has 3 aromatic rings. The molecule has 1 fully saturated rings. The summed E-state index contributed by atoms with van der Waals surface area (Å²) in [5, 5.41) is 1.22. The summed E-state index contributed by atoms with van der Waals surface area (Å²) in [5.41, 5.74) is 4.13. The van der Waals surface area contributed by atoms with Gasteiger partial charge in [0.2, 0.25) is 0 Å². The minimum Gasteiger partial charge on any atom is -0.496 e. The third kappa shape index (κ3) is 3.90. The lowest BCUT2D eigenvalue weighted by molar-refractivity contribution is 0.101. The predicted molar refractivity (Wildman–Crippen MR) is 122 cm³/mol. The van der Waals surface area contributed by atoms with Crippen molar-refractivity contribution in [3.05, 3.63) is 65.2 Å². The molecule has 0 saturated carbocycles. The second-order valence-corrected chi connectivity index (χ2v) is 8.03. The van der Waals surface area contributed by atoms with Gasteiger partial charge in [0, 0.05) is 37.6 Å². The first-order valence-corrected chi connectivity index (χ1v) is 10.5. The first-order valence-electron chi connectivity index (χ1n) is 10.5. The van der Waals surface area contributed by atoms with Gasteiger partial charge in [-0.05, 0) is 56.2 Å². The van der Waals surface area contributed by atoms with Crippen LogP contribution in [0.5, 0.6) is 5.75 Å². The van der Waals surface area contributed by atoms with Crippen molar-refractivity contribution in [2.75, 3.05) is 38.2 Å². The fourth-order valence-electron chi connectivity index (χ4n) is 4.30. The van der Waals surface area contributed by atoms with Crippen LogP contribution in [0.2, 0.25) is 0 Å². The lowest BCUT2D eigenvalue weighted by Crippen LogP contribution is -2.47. The highest BCUT2D eigenvalue weighted by molar-refractivity contribution is 5.96. The molecule has 0 amide bonds. The Bertz CT molecular complexity index is 1070. The third-order valence-corrected chi connectivity index (χ3v) is 6.18. The Kier molecular flexibility index (Phi) is 5.73. The average molecular weight is 404 g/mol. The number of hydrogen-bond acceptors (Lipinski definition) is 5. The monoisotopic (exact) mass is 403 g/mol. The molecule has 4 rings (SSSR count). The first-order chi connectivity index (χ1) is 14.5. The van der Waals surface area contributed by atoms with Crippen LogP contribution < -0.4 is 9.64 Å². The van der Waals surface area contributed by atoms with Crippen LogP contribution in [-0.4, -0.2) is 49.0 Å². The van der Waals surface area contributed by atoms with Gasteiger partial charge in [-0.2, -0.15) is 0 Å². The molecule has 1 aliphatic rings. The maximum atomic E-state index is 11.8. The van der Waals surface area contributed by atoms with Gasteiger partial charge in [0.15, 0.2) is 5.78 Å². The molecule has 1 aliphatic heterocycles. The quantitative estimate of drug-likeness (QED) is 0.581. The Balaban J connectivity index is 1.47. The van der Waals surface area contributed by atoms with Crippen molar-refractivity contribution in [3.63, 3.8) is 0 Å². The summed E-state index contributed by atoms with van der Waals surface area (Å²) in [7, 11) is 1.62. The molecule has 5 nitrogen and oxygen atoms in total. The molecule has 2 aromatic carbocycles. The summed E-state index contributed by atoms with van der Waals surface area (Å²) in [5.74, 6) is 1.74. The summed E-state index contributed by atoms with van der Waals surface area (Å²) in [6.45, 7) is 9.76. The van der Waals surface area contributed by atoms with Gasteiger partial charge in [-0.15, -0.1) is 0 Å². The number of para-hydroxylation sites is 1. The van der Waals surface area contributed by atoms with E-state index >= 15 is 0 Å². The number of nitrogens with zero attached hydrogens (tertiary/aromatic N) is 3. The number of fused-ring (bicyclic) bond motifs is 1. The summed E-state index contributed by atoms with van der Waals surface area (Å²) in [4.78, 5) is 21.5. The Labute approximate surface area is 178 Å². The maximum Gasteiger partial charge on any atom is 0.163 e. The number of pyridine rings is 1. The smallest absolute Gasteiger partial charge is 0.163 e. The average Bonchev–Trinajstić information content (AvgIpc) is 2.78. The van der Waals surface area contributed by atoms with Crippen LogP contribution in [0.4, 0.5) is 5.82 Å². The summed E-state index contributed by atoms with van der Waals surface area (Å²) in [6.07, 6.45) is 0. The Morgan fingerprint density at radius 1 is 1.07 bits per heavy atom. The first kappa shape index (κ1) is 20.4. The van der Waals surface area contributed by atoms with E-state index in [1.165, 1.54) is 16.5 Å². The molecule has 156 valence electrons. The Morgan fingerprint density at radius 2 is 1.80 bits per heavy atom. The molecule has 0 radical (unpaired) electrons. The third-order valence-electron chi connectivity index (χ3n) is 6.18. The number of anilines is 1. The molecule has 0 spiro atoms. The van der Waals surface area contributed by atoms with Crippen molar-refractivity contribution < 1.29 is 9.53 Å². The molecular weight excluding hydrogens is 374 g/mol. The van der Waals surface area contributed by atoms with E-state index in [0.717, 1.165) is 37.5 Å². The van der Waals surface area contributed by atoms with Gasteiger partial charge >= 0.3 is 0 Å². The Morgan fingerprint density at radius 3 is 2.50 bits per heavy atom. The summed E-state index contributed by atoms with van der Waals surface area (Å²) in [6, 6.07) is 16.7. The van der Waals surface area contributed by atoms with E-state index in [-0.39, 0.29) is 11.8 Å². The topological polar surface area (TPSA) is 45.7 Å². The van der Waals surface area contributed by atoms with Gasteiger partial charge < -0.3 is 9.64 Å². The SMILES string of the molecule is COc1cc(C(C)N2CCN(c3cc(C)c4ccccc4n3)CC2)ccc1C(C)=O. The number of aryl methyl sites for hydroxylation is 1. The number of Topliss-reactive ketones (excluding diaryl/α,β-unsaturated/α-hetero) is 1. The number of carbonyl (C=O) groups excluding carboxylic acids is 1. The molecule has 1 aromatic heterocycles. The second kappa shape index (κ2) is 8.44. The number of rotatable bonds is 5. The Hall–Kier alpha value is -2.92. The molecule has 1 saturated heterocycles. The van der Waals surface area contributed by atoms with Crippen LogP contribution in [0.3, 0.4) is 0 Å². The van der Waals surface area contributed by atoms with E-state index in [4.69, 9.17) is 9.72 Å². The van der Waals surface area contributed by atoms with Gasteiger partial charge in [-0.3, -0.25) is 9.69 Å². The highest BCUT2D eigenvalue weighted by Crippen LogP contribution is 2.29. The normalized spacial score (nSPS) is 15.9. The zero-order valence-corrected chi connectivity index (χ0v) is 18.2. The van der Waals surface area contributed by atoms with Crippen molar-refractivity contribution in [1.82, 2.24) is 9.88 Å². The highest BCUT2D eigenvalue weighted by Gasteiger charge is 2.24. The van der Waals surface area contributed by atoms with E-state index in [2.05, 4.69) is 47.9 Å². The van der Waals surface area contributed by atoms with Crippen LogP contribution in [0.25, 0.3) is 10.9 Å². The van der Waals surface area contributed by atoms with Crippen molar-refractivity contribution in [1.29, 1.82) is 0 Å². The number of aromatic nitrogens is 1. The van der Waals surface area contributed by atoms with Gasteiger partial charge in [0.1, 0.15) is 11.6 Å². The van der Waals surface area contributed by atoms with Crippen LogP contribution in [0.15, 0.2) is 48.5 Å². The number of carbonyl (C=O) groups is 1. The van der Waals surface area contributed by atoms with E-state index in [1.54, 1.807) is 14.0 Å². The predicted octanol–water partition coefficient (Wildman–Crippen LogP) is 4.64. The summed E-state index contributed by atoms with van der Waals surface area (Å²) < 4.78 is 5.45. The lowest BCUT2D eigenvalue weighted by Gasteiger charge is -2.39. The minimum absolute atomic E-state index is 0.0258. The molecule has 1 atom stereocenters. The molecular formula is C25H29N3O2. The largest absolute Gasteiger partial charge is 0.496 e. The second-order valence-electron chi connectivity index (χ2n) is 8.03. The van der Waals surface area contributed by atoms with Crippen molar-refractivity contribution in [2.24, 2.45) is 0 Å². The zero-order chi connectivity index (χ0) is 21.3. The molecule has 0 aliphatic carbocycles. The fourth-order valence-corrected chi connectivity index (χ4v) is 4.30. The number of ether oxygens (including phenoxy) is 1. The number of benzene rings is 2. The minimum atomic E-state index is 0.0258. The van der Waals surface area contributed by atoms with E-state index in [0.29, 0.717) is 11.3 Å². The molecule has 1 unspecified atom stereocenters. The molecule has 2 heterocycles. The van der Waals surface area contributed by atoms with E-state index < -0.39 is 0 Å². The van der Waals surface area contributed by atoms with Gasteiger partial charge in [0.05, 0.1) is 18.2 Å². The van der Waals surface area contributed by atoms with Crippen molar-refractivity contribution >= 4 is 22.5 Å². The maximum absolute atomic E-state index is 11.8. The van der Waals surface area contributed by atoms with Crippen molar-refractivity contribution in [2.45, 2.75) is 26.8 Å². The molecule has 0 N–H and O–H groups in total. The standard InChI is InChI=1S/C25H29N3O2/c1-17-15-25(26-23-8-6-5-7-21(17)23)28-13-11-27(12-14-28)18(2)20-9-10-22(19(3)29)24(16-20)30-4/h5-10,15-16,18H,11-14H2,1-4H3. The van der Waals surface area contributed by atoms with E-state index in [1.807, 2.05) is 24.3 Å². The summed E-state index contributed by atoms with van der Waals surface area (Å²) >= 11 is 0. The van der Waals surface area contributed by atoms with Gasteiger partial charge in [-0.25, -0.2) is 4.98 Å². The number of piperazine rings is 1. The van der Waals surface area contributed by atoms with E-state index in [9.17, 15) is 4.79 Å². The van der Waals surface area contributed by atoms with Gasteiger partial charge in [-0.1, -0.05) is 24.3 Å². The highest BCUT2D eigenvalue weighted by atomic mass is 16.5. The number of ketones is 1.